The zero-order valence-corrected chi connectivity index (χ0v) is 15.8. The number of aryl methyl sites for hydroxylation is 1. The van der Waals surface area contributed by atoms with E-state index in [0.29, 0.717) is 6.54 Å². The first-order valence-corrected chi connectivity index (χ1v) is 9.10. The van der Waals surface area contributed by atoms with E-state index < -0.39 is 0 Å². The van der Waals surface area contributed by atoms with Crippen molar-refractivity contribution in [1.29, 1.82) is 0 Å². The molecule has 0 amide bonds. The third-order valence-corrected chi connectivity index (χ3v) is 5.47. The highest BCUT2D eigenvalue weighted by Gasteiger charge is 2.38. The fraction of sp³-hybridized carbons (Fsp3) is 0.444. The van der Waals surface area contributed by atoms with E-state index in [0.717, 1.165) is 22.7 Å². The van der Waals surface area contributed by atoms with E-state index in [-0.39, 0.29) is 5.41 Å². The molecule has 3 rings (SSSR count). The molecule has 1 aliphatic carbocycles. The van der Waals surface area contributed by atoms with Gasteiger partial charge in [-0.05, 0) is 36.6 Å². The van der Waals surface area contributed by atoms with Gasteiger partial charge in [0.1, 0.15) is 0 Å². The van der Waals surface area contributed by atoms with Crippen molar-refractivity contribution < 1.29 is 0 Å². The van der Waals surface area contributed by atoms with E-state index in [9.17, 15) is 0 Å². The molecule has 0 atom stereocenters. The lowest BCUT2D eigenvalue weighted by atomic mass is 9.64. The Morgan fingerprint density at radius 3 is 2.54 bits per heavy atom. The summed E-state index contributed by atoms with van der Waals surface area (Å²) >= 11 is 3.52. The Balaban J connectivity index is 1.60. The molecule has 24 heavy (non-hydrogen) atoms. The Morgan fingerprint density at radius 1 is 1.25 bits per heavy atom. The minimum Gasteiger partial charge on any atom is -0.356 e. The van der Waals surface area contributed by atoms with Crippen LogP contribution < -0.4 is 10.6 Å². The van der Waals surface area contributed by atoms with Gasteiger partial charge in [0.25, 0.3) is 0 Å². The van der Waals surface area contributed by atoms with E-state index in [4.69, 9.17) is 0 Å². The summed E-state index contributed by atoms with van der Waals surface area (Å²) < 4.78 is 3.00. The van der Waals surface area contributed by atoms with E-state index >= 15 is 0 Å². The molecule has 0 saturated heterocycles. The van der Waals surface area contributed by atoms with Crippen molar-refractivity contribution in [2.45, 2.75) is 31.2 Å². The molecule has 1 saturated carbocycles. The van der Waals surface area contributed by atoms with Gasteiger partial charge in [0.05, 0.1) is 12.2 Å². The molecule has 0 radical (unpaired) electrons. The predicted molar refractivity (Wildman–Crippen MR) is 101 cm³/mol. The Kier molecular flexibility index (Phi) is 5.23. The van der Waals surface area contributed by atoms with Crippen LogP contribution in [-0.4, -0.2) is 29.3 Å². The lowest BCUT2D eigenvalue weighted by Crippen LogP contribution is -2.48. The maximum atomic E-state index is 4.34. The molecule has 2 N–H and O–H groups in total. The lowest BCUT2D eigenvalue weighted by Gasteiger charge is -2.43. The average molecular weight is 390 g/mol. The second-order valence-corrected chi connectivity index (χ2v) is 7.28. The summed E-state index contributed by atoms with van der Waals surface area (Å²) in [5.41, 5.74) is 2.76. The molecule has 1 fully saturated rings. The molecule has 0 spiro atoms. The van der Waals surface area contributed by atoms with Crippen LogP contribution in [0.4, 0.5) is 0 Å². The third-order valence-electron chi connectivity index (χ3n) is 4.94. The standard InChI is InChI=1S/C18H24BrN5/c1-20-17(21-12-16-8-11-23-24(16)2)22-13-18(9-3-10-18)14-4-6-15(19)7-5-14/h4-8,11H,3,9-10,12-13H2,1-2H3,(H2,20,21,22). The highest BCUT2D eigenvalue weighted by Crippen LogP contribution is 2.43. The number of halogens is 1. The number of guanidine groups is 1. The molecular weight excluding hydrogens is 366 g/mol. The predicted octanol–water partition coefficient (Wildman–Crippen LogP) is 2.97. The third kappa shape index (κ3) is 3.64. The topological polar surface area (TPSA) is 54.2 Å². The van der Waals surface area contributed by atoms with Gasteiger partial charge in [0.15, 0.2) is 5.96 Å². The van der Waals surface area contributed by atoms with Gasteiger partial charge in [-0.25, -0.2) is 0 Å². The zero-order valence-electron chi connectivity index (χ0n) is 14.2. The summed E-state index contributed by atoms with van der Waals surface area (Å²) in [6.45, 7) is 1.61. The van der Waals surface area contributed by atoms with Crippen LogP contribution in [0.5, 0.6) is 0 Å². The van der Waals surface area contributed by atoms with Gasteiger partial charge >= 0.3 is 0 Å². The second kappa shape index (κ2) is 7.38. The van der Waals surface area contributed by atoms with Gasteiger partial charge in [-0.3, -0.25) is 9.67 Å². The number of nitrogens with zero attached hydrogens (tertiary/aromatic N) is 3. The van der Waals surface area contributed by atoms with E-state index in [2.05, 4.69) is 60.9 Å². The summed E-state index contributed by atoms with van der Waals surface area (Å²) in [5, 5.41) is 11.1. The molecule has 0 unspecified atom stereocenters. The fourth-order valence-corrected chi connectivity index (χ4v) is 3.46. The summed E-state index contributed by atoms with van der Waals surface area (Å²) in [7, 11) is 3.76. The molecule has 128 valence electrons. The minimum atomic E-state index is 0.227. The number of hydrogen-bond donors (Lipinski definition) is 2. The Hall–Kier alpha value is -1.82. The van der Waals surface area contributed by atoms with Crippen molar-refractivity contribution in [2.75, 3.05) is 13.6 Å². The van der Waals surface area contributed by atoms with Crippen molar-refractivity contribution in [3.63, 3.8) is 0 Å². The molecule has 6 heteroatoms. The fourth-order valence-electron chi connectivity index (χ4n) is 3.20. The number of aliphatic imine (C=N–C) groups is 1. The first kappa shape index (κ1) is 17.0. The number of nitrogens with one attached hydrogen (secondary N) is 2. The molecule has 1 aliphatic rings. The maximum absolute atomic E-state index is 4.34. The molecular formula is C18H24BrN5. The lowest BCUT2D eigenvalue weighted by molar-refractivity contribution is 0.244. The Bertz CT molecular complexity index is 700. The molecule has 5 nitrogen and oxygen atoms in total. The van der Waals surface area contributed by atoms with Crippen LogP contribution >= 0.6 is 15.9 Å². The highest BCUT2D eigenvalue weighted by atomic mass is 79.9. The van der Waals surface area contributed by atoms with Gasteiger partial charge in [-0.1, -0.05) is 34.5 Å². The van der Waals surface area contributed by atoms with Crippen molar-refractivity contribution in [1.82, 2.24) is 20.4 Å². The average Bonchev–Trinajstić information content (AvgIpc) is 2.96. The smallest absolute Gasteiger partial charge is 0.191 e. The van der Waals surface area contributed by atoms with Crippen LogP contribution in [0.25, 0.3) is 0 Å². The Morgan fingerprint density at radius 2 is 2.00 bits per heavy atom. The molecule has 1 heterocycles. The molecule has 1 aromatic carbocycles. The van der Waals surface area contributed by atoms with Crippen LogP contribution in [-0.2, 0) is 19.0 Å². The van der Waals surface area contributed by atoms with Crippen molar-refractivity contribution >= 4 is 21.9 Å². The van der Waals surface area contributed by atoms with Crippen LogP contribution in [0.15, 0.2) is 46.0 Å². The quantitative estimate of drug-likeness (QED) is 0.610. The second-order valence-electron chi connectivity index (χ2n) is 6.37. The van der Waals surface area contributed by atoms with E-state index in [1.807, 2.05) is 31.0 Å². The largest absolute Gasteiger partial charge is 0.356 e. The monoisotopic (exact) mass is 389 g/mol. The van der Waals surface area contributed by atoms with E-state index in [1.165, 1.54) is 24.8 Å². The minimum absolute atomic E-state index is 0.227. The van der Waals surface area contributed by atoms with Gasteiger partial charge < -0.3 is 10.6 Å². The van der Waals surface area contributed by atoms with Crippen LogP contribution in [0.1, 0.15) is 30.5 Å². The van der Waals surface area contributed by atoms with Gasteiger partial charge in [0, 0.05) is 36.7 Å². The molecule has 0 aliphatic heterocycles. The number of aromatic nitrogens is 2. The number of hydrogen-bond acceptors (Lipinski definition) is 2. The SMILES string of the molecule is CN=C(NCc1ccnn1C)NCC1(c2ccc(Br)cc2)CCC1. The first-order valence-electron chi connectivity index (χ1n) is 8.30. The van der Waals surface area contributed by atoms with Crippen molar-refractivity contribution in [2.24, 2.45) is 12.0 Å². The number of benzene rings is 1. The van der Waals surface area contributed by atoms with Gasteiger partial charge in [-0.15, -0.1) is 0 Å². The molecule has 1 aromatic heterocycles. The van der Waals surface area contributed by atoms with Crippen molar-refractivity contribution in [3.05, 3.63) is 52.3 Å². The Labute approximate surface area is 151 Å². The summed E-state index contributed by atoms with van der Waals surface area (Å²) in [6.07, 6.45) is 5.55. The highest BCUT2D eigenvalue weighted by molar-refractivity contribution is 9.10. The van der Waals surface area contributed by atoms with E-state index in [1.54, 1.807) is 0 Å². The number of rotatable bonds is 5. The first-order chi connectivity index (χ1) is 11.6. The normalized spacial score (nSPS) is 16.5. The van der Waals surface area contributed by atoms with Gasteiger partial charge in [-0.2, -0.15) is 5.10 Å². The van der Waals surface area contributed by atoms with Crippen LogP contribution in [0.3, 0.4) is 0 Å². The zero-order chi connectivity index (χ0) is 17.0. The summed E-state index contributed by atoms with van der Waals surface area (Å²) in [5.74, 6) is 0.833. The van der Waals surface area contributed by atoms with Crippen LogP contribution in [0.2, 0.25) is 0 Å². The molecule has 2 aromatic rings. The van der Waals surface area contributed by atoms with Crippen LogP contribution in [0, 0.1) is 0 Å². The maximum Gasteiger partial charge on any atom is 0.191 e. The van der Waals surface area contributed by atoms with Crippen molar-refractivity contribution in [3.8, 4) is 0 Å². The summed E-state index contributed by atoms with van der Waals surface area (Å²) in [4.78, 5) is 4.34. The summed E-state index contributed by atoms with van der Waals surface area (Å²) in [6, 6.07) is 10.7. The van der Waals surface area contributed by atoms with Gasteiger partial charge in [0.2, 0.25) is 0 Å². The molecule has 0 bridgehead atoms.